The van der Waals surface area contributed by atoms with Gasteiger partial charge in [-0.05, 0) is 39.9 Å². The lowest BCUT2D eigenvalue weighted by Gasteiger charge is -2.03. The number of benzene rings is 1. The van der Waals surface area contributed by atoms with Crippen molar-refractivity contribution >= 4 is 15.9 Å². The van der Waals surface area contributed by atoms with Crippen molar-refractivity contribution in [3.05, 3.63) is 34.6 Å². The van der Waals surface area contributed by atoms with Crippen LogP contribution in [0.25, 0.3) is 11.5 Å². The second-order valence-electron chi connectivity index (χ2n) is 5.61. The second kappa shape index (κ2) is 4.72. The summed E-state index contributed by atoms with van der Waals surface area (Å²) in [7, 11) is 0. The predicted molar refractivity (Wildman–Crippen MR) is 76.5 cm³/mol. The Balaban J connectivity index is 1.68. The highest BCUT2D eigenvalue weighted by Crippen LogP contribution is 2.44. The molecule has 0 amide bonds. The molecule has 1 N–H and O–H groups in total. The molecular weight excluding hydrogens is 306 g/mol. The molecule has 1 unspecified atom stereocenters. The molecule has 1 aliphatic carbocycles. The topological polar surface area (TPSA) is 51.0 Å². The first kappa shape index (κ1) is 12.8. The Labute approximate surface area is 120 Å². The lowest BCUT2D eigenvalue weighted by atomic mass is 10.2. The Kier molecular flexibility index (Phi) is 3.19. The van der Waals surface area contributed by atoms with Crippen molar-refractivity contribution in [2.24, 2.45) is 5.41 Å². The van der Waals surface area contributed by atoms with E-state index in [0.29, 0.717) is 29.8 Å². The lowest BCUT2D eigenvalue weighted by Crippen LogP contribution is -2.20. The van der Waals surface area contributed by atoms with Crippen LogP contribution < -0.4 is 5.32 Å². The predicted octanol–water partition coefficient (Wildman–Crippen LogP) is 3.39. The van der Waals surface area contributed by atoms with Crippen molar-refractivity contribution in [3.63, 3.8) is 0 Å². The average molecular weight is 322 g/mol. The number of halogens is 1. The van der Waals surface area contributed by atoms with Gasteiger partial charge in [0, 0.05) is 10.5 Å². The van der Waals surface area contributed by atoms with E-state index in [1.807, 2.05) is 24.3 Å². The normalized spacial score (nSPS) is 20.5. The van der Waals surface area contributed by atoms with Crippen LogP contribution in [0.4, 0.5) is 0 Å². The zero-order valence-electron chi connectivity index (χ0n) is 11.0. The maximum absolute atomic E-state index is 5.68. The van der Waals surface area contributed by atoms with E-state index in [0.717, 1.165) is 10.0 Å². The van der Waals surface area contributed by atoms with E-state index < -0.39 is 0 Å². The van der Waals surface area contributed by atoms with Crippen LogP contribution in [-0.4, -0.2) is 16.2 Å². The maximum Gasteiger partial charge on any atom is 0.248 e. The van der Waals surface area contributed by atoms with E-state index in [-0.39, 0.29) is 0 Å². The van der Waals surface area contributed by atoms with E-state index >= 15 is 0 Å². The van der Waals surface area contributed by atoms with E-state index in [9.17, 15) is 0 Å². The van der Waals surface area contributed by atoms with Gasteiger partial charge in [0.1, 0.15) is 0 Å². The van der Waals surface area contributed by atoms with E-state index in [4.69, 9.17) is 4.42 Å². The Bertz CT molecular complexity index is 594. The highest BCUT2D eigenvalue weighted by Gasteiger charge is 2.45. The second-order valence-corrected chi connectivity index (χ2v) is 6.46. The molecule has 2 aromatic rings. The molecule has 1 atom stereocenters. The first-order valence-electron chi connectivity index (χ1n) is 6.37. The van der Waals surface area contributed by atoms with Gasteiger partial charge in [0.25, 0.3) is 0 Å². The van der Waals surface area contributed by atoms with Gasteiger partial charge in [-0.1, -0.05) is 26.0 Å². The fourth-order valence-electron chi connectivity index (χ4n) is 2.09. The summed E-state index contributed by atoms with van der Waals surface area (Å²) in [6.07, 6.45) is 1.21. The highest BCUT2D eigenvalue weighted by atomic mass is 79.9. The molecule has 1 fully saturated rings. The number of aromatic nitrogens is 2. The molecule has 1 aliphatic rings. The first-order valence-corrected chi connectivity index (χ1v) is 7.16. The van der Waals surface area contributed by atoms with Crippen molar-refractivity contribution in [2.45, 2.75) is 32.9 Å². The molecule has 0 saturated heterocycles. The van der Waals surface area contributed by atoms with Gasteiger partial charge in [0.05, 0.1) is 12.1 Å². The SMILES string of the molecule is CC1(C)CC1NCc1nnc(-c2ccccc2Br)o1. The third kappa shape index (κ3) is 2.72. The molecule has 1 aromatic heterocycles. The molecule has 5 heteroatoms. The summed E-state index contributed by atoms with van der Waals surface area (Å²) < 4.78 is 6.64. The lowest BCUT2D eigenvalue weighted by molar-refractivity contribution is 0.457. The number of hydrogen-bond acceptors (Lipinski definition) is 4. The van der Waals surface area contributed by atoms with Gasteiger partial charge in [-0.25, -0.2) is 0 Å². The quantitative estimate of drug-likeness (QED) is 0.937. The van der Waals surface area contributed by atoms with Crippen molar-refractivity contribution in [2.75, 3.05) is 0 Å². The summed E-state index contributed by atoms with van der Waals surface area (Å²) in [6, 6.07) is 8.39. The van der Waals surface area contributed by atoms with Gasteiger partial charge in [-0.3, -0.25) is 0 Å². The van der Waals surface area contributed by atoms with Crippen LogP contribution in [0.3, 0.4) is 0 Å². The summed E-state index contributed by atoms with van der Waals surface area (Å²) >= 11 is 3.49. The molecule has 1 aromatic carbocycles. The summed E-state index contributed by atoms with van der Waals surface area (Å²) in [5.74, 6) is 1.19. The fourth-order valence-corrected chi connectivity index (χ4v) is 2.55. The van der Waals surface area contributed by atoms with Crippen LogP contribution in [0.5, 0.6) is 0 Å². The first-order chi connectivity index (χ1) is 9.06. The van der Waals surface area contributed by atoms with Gasteiger partial charge in [0.15, 0.2) is 0 Å². The van der Waals surface area contributed by atoms with E-state index in [1.54, 1.807) is 0 Å². The number of nitrogens with zero attached hydrogens (tertiary/aromatic N) is 2. The standard InChI is InChI=1S/C14H16BrN3O/c1-14(2)7-11(14)16-8-12-17-18-13(19-12)9-5-3-4-6-10(9)15/h3-6,11,16H,7-8H2,1-2H3. The minimum absolute atomic E-state index is 0.408. The fraction of sp³-hybridized carbons (Fsp3) is 0.429. The monoisotopic (exact) mass is 321 g/mol. The molecule has 100 valence electrons. The van der Waals surface area contributed by atoms with Crippen LogP contribution in [0.1, 0.15) is 26.2 Å². The van der Waals surface area contributed by atoms with Gasteiger partial charge in [0.2, 0.25) is 11.8 Å². The Hall–Kier alpha value is -1.20. The minimum Gasteiger partial charge on any atom is -0.419 e. The minimum atomic E-state index is 0.408. The number of rotatable bonds is 4. The van der Waals surface area contributed by atoms with E-state index in [2.05, 4.69) is 45.3 Å². The molecule has 19 heavy (non-hydrogen) atoms. The molecule has 0 bridgehead atoms. The highest BCUT2D eigenvalue weighted by molar-refractivity contribution is 9.10. The third-order valence-corrected chi connectivity index (χ3v) is 4.28. The van der Waals surface area contributed by atoms with Crippen molar-refractivity contribution in [3.8, 4) is 11.5 Å². The van der Waals surface area contributed by atoms with Crippen molar-refractivity contribution in [1.82, 2.24) is 15.5 Å². The molecule has 1 saturated carbocycles. The van der Waals surface area contributed by atoms with Gasteiger partial charge < -0.3 is 9.73 Å². The molecule has 0 radical (unpaired) electrons. The molecule has 0 spiro atoms. The molecule has 0 aliphatic heterocycles. The molecule has 4 nitrogen and oxygen atoms in total. The summed E-state index contributed by atoms with van der Waals surface area (Å²) in [4.78, 5) is 0. The Morgan fingerprint density at radius 2 is 2.11 bits per heavy atom. The van der Waals surface area contributed by atoms with Crippen LogP contribution in [0.2, 0.25) is 0 Å². The van der Waals surface area contributed by atoms with Crippen LogP contribution in [0.15, 0.2) is 33.2 Å². The smallest absolute Gasteiger partial charge is 0.248 e. The van der Waals surface area contributed by atoms with Crippen molar-refractivity contribution in [1.29, 1.82) is 0 Å². The largest absolute Gasteiger partial charge is 0.419 e. The van der Waals surface area contributed by atoms with Gasteiger partial charge in [-0.15, -0.1) is 10.2 Å². The van der Waals surface area contributed by atoms with Gasteiger partial charge >= 0.3 is 0 Å². The van der Waals surface area contributed by atoms with Crippen molar-refractivity contribution < 1.29 is 4.42 Å². The average Bonchev–Trinajstić information content (AvgIpc) is 2.79. The number of nitrogens with one attached hydrogen (secondary N) is 1. The third-order valence-electron chi connectivity index (χ3n) is 3.58. The summed E-state index contributed by atoms with van der Waals surface area (Å²) in [5, 5.41) is 11.6. The number of hydrogen-bond donors (Lipinski definition) is 1. The Morgan fingerprint density at radius 3 is 2.79 bits per heavy atom. The van der Waals surface area contributed by atoms with Crippen LogP contribution in [0, 0.1) is 5.41 Å². The molecule has 1 heterocycles. The molecule has 3 rings (SSSR count). The van der Waals surface area contributed by atoms with E-state index in [1.165, 1.54) is 6.42 Å². The van der Waals surface area contributed by atoms with Crippen LogP contribution in [-0.2, 0) is 6.54 Å². The summed E-state index contributed by atoms with van der Waals surface area (Å²) in [5.41, 5.74) is 1.33. The zero-order chi connectivity index (χ0) is 13.5. The summed E-state index contributed by atoms with van der Waals surface area (Å²) in [6.45, 7) is 5.14. The zero-order valence-corrected chi connectivity index (χ0v) is 12.6. The van der Waals surface area contributed by atoms with Gasteiger partial charge in [-0.2, -0.15) is 0 Å². The maximum atomic E-state index is 5.68. The van der Waals surface area contributed by atoms with Crippen LogP contribution >= 0.6 is 15.9 Å². The molecular formula is C14H16BrN3O. The Morgan fingerprint density at radius 1 is 1.37 bits per heavy atom.